The molecule has 0 unspecified atom stereocenters. The van der Waals surface area contributed by atoms with Crippen LogP contribution >= 0.6 is 11.6 Å². The van der Waals surface area contributed by atoms with E-state index >= 15 is 0 Å². The summed E-state index contributed by atoms with van der Waals surface area (Å²) in [6.45, 7) is 7.65. The summed E-state index contributed by atoms with van der Waals surface area (Å²) >= 11 is 5.87. The van der Waals surface area contributed by atoms with Crippen molar-refractivity contribution >= 4 is 23.2 Å². The molecule has 1 rings (SSSR count). The van der Waals surface area contributed by atoms with Gasteiger partial charge in [-0.1, -0.05) is 25.4 Å². The summed E-state index contributed by atoms with van der Waals surface area (Å²) in [6.07, 6.45) is 0. The van der Waals surface area contributed by atoms with Crippen molar-refractivity contribution in [2.24, 2.45) is 0 Å². The summed E-state index contributed by atoms with van der Waals surface area (Å²) in [6, 6.07) is 4.90. The van der Waals surface area contributed by atoms with E-state index in [-0.39, 0.29) is 5.91 Å². The van der Waals surface area contributed by atoms with Gasteiger partial charge in [-0.25, -0.2) is 0 Å². The number of anilines is 1. The van der Waals surface area contributed by atoms with Crippen LogP contribution in [-0.2, 0) is 0 Å². The number of rotatable bonds is 6. The Balaban J connectivity index is 2.48. The van der Waals surface area contributed by atoms with Crippen molar-refractivity contribution < 1.29 is 4.79 Å². The van der Waals surface area contributed by atoms with E-state index in [0.29, 0.717) is 22.8 Å². The zero-order valence-corrected chi connectivity index (χ0v) is 11.6. The van der Waals surface area contributed by atoms with Gasteiger partial charge < -0.3 is 16.0 Å². The summed E-state index contributed by atoms with van der Waals surface area (Å²) < 4.78 is 0. The van der Waals surface area contributed by atoms with Crippen molar-refractivity contribution in [2.45, 2.75) is 13.8 Å². The lowest BCUT2D eigenvalue weighted by atomic mass is 10.2. The zero-order chi connectivity index (χ0) is 13.5. The molecule has 0 aliphatic heterocycles. The van der Waals surface area contributed by atoms with Crippen LogP contribution in [0.2, 0.25) is 5.02 Å². The van der Waals surface area contributed by atoms with Gasteiger partial charge >= 0.3 is 0 Å². The lowest BCUT2D eigenvalue weighted by molar-refractivity contribution is 0.0949. The summed E-state index contributed by atoms with van der Waals surface area (Å²) in [5.41, 5.74) is 6.61. The molecule has 0 aliphatic rings. The summed E-state index contributed by atoms with van der Waals surface area (Å²) in [7, 11) is 0. The van der Waals surface area contributed by atoms with Crippen LogP contribution in [0.25, 0.3) is 0 Å². The average Bonchev–Trinajstić information content (AvgIpc) is 2.37. The molecule has 1 aromatic rings. The molecule has 100 valence electrons. The van der Waals surface area contributed by atoms with Gasteiger partial charge in [0, 0.05) is 18.7 Å². The molecular weight excluding hydrogens is 250 g/mol. The molecule has 0 bridgehead atoms. The highest BCUT2D eigenvalue weighted by Gasteiger charge is 2.07. The second kappa shape index (κ2) is 7.24. The van der Waals surface area contributed by atoms with E-state index in [9.17, 15) is 4.79 Å². The van der Waals surface area contributed by atoms with Crippen molar-refractivity contribution in [1.29, 1.82) is 0 Å². The fraction of sp³-hybridized carbons (Fsp3) is 0.462. The van der Waals surface area contributed by atoms with Gasteiger partial charge in [-0.2, -0.15) is 0 Å². The van der Waals surface area contributed by atoms with E-state index in [1.165, 1.54) is 0 Å². The zero-order valence-electron chi connectivity index (χ0n) is 10.9. The normalized spacial score (nSPS) is 10.7. The third-order valence-electron chi connectivity index (χ3n) is 2.87. The number of carbonyl (C=O) groups excluding carboxylic acids is 1. The van der Waals surface area contributed by atoms with Crippen LogP contribution in [0.4, 0.5) is 5.69 Å². The van der Waals surface area contributed by atoms with Crippen LogP contribution in [0.3, 0.4) is 0 Å². The number of amides is 1. The molecule has 0 aliphatic carbocycles. The highest BCUT2D eigenvalue weighted by atomic mass is 35.5. The fourth-order valence-corrected chi connectivity index (χ4v) is 1.82. The van der Waals surface area contributed by atoms with Crippen LogP contribution in [-0.4, -0.2) is 37.0 Å². The first-order valence-electron chi connectivity index (χ1n) is 6.14. The van der Waals surface area contributed by atoms with Crippen LogP contribution in [0, 0.1) is 0 Å². The van der Waals surface area contributed by atoms with E-state index in [4.69, 9.17) is 17.3 Å². The molecule has 0 saturated carbocycles. The second-order valence-corrected chi connectivity index (χ2v) is 4.43. The Morgan fingerprint density at radius 3 is 2.61 bits per heavy atom. The van der Waals surface area contributed by atoms with Crippen LogP contribution in [0.1, 0.15) is 24.2 Å². The van der Waals surface area contributed by atoms with Crippen LogP contribution < -0.4 is 11.1 Å². The van der Waals surface area contributed by atoms with Gasteiger partial charge in [0.25, 0.3) is 5.91 Å². The quantitative estimate of drug-likeness (QED) is 0.777. The number of halogens is 1. The first-order chi connectivity index (χ1) is 8.58. The minimum atomic E-state index is -0.121. The average molecular weight is 270 g/mol. The Morgan fingerprint density at radius 2 is 2.06 bits per heavy atom. The number of benzene rings is 1. The highest BCUT2D eigenvalue weighted by Crippen LogP contribution is 2.19. The largest absolute Gasteiger partial charge is 0.398 e. The Morgan fingerprint density at radius 1 is 1.39 bits per heavy atom. The first-order valence-corrected chi connectivity index (χ1v) is 6.51. The Bertz CT molecular complexity index is 405. The van der Waals surface area contributed by atoms with Crippen molar-refractivity contribution in [1.82, 2.24) is 10.2 Å². The van der Waals surface area contributed by atoms with Crippen molar-refractivity contribution in [3.8, 4) is 0 Å². The van der Waals surface area contributed by atoms with Gasteiger partial charge in [-0.15, -0.1) is 0 Å². The lowest BCUT2D eigenvalue weighted by Gasteiger charge is -2.18. The Labute approximate surface area is 113 Å². The molecule has 18 heavy (non-hydrogen) atoms. The third kappa shape index (κ3) is 4.20. The van der Waals surface area contributed by atoms with Gasteiger partial charge in [-0.05, 0) is 31.3 Å². The SMILES string of the molecule is CCN(CC)CCNC(=O)c1ccc(N)c(Cl)c1. The minimum Gasteiger partial charge on any atom is -0.398 e. The van der Waals surface area contributed by atoms with Gasteiger partial charge in [0.2, 0.25) is 0 Å². The molecule has 4 nitrogen and oxygen atoms in total. The van der Waals surface area contributed by atoms with E-state index in [2.05, 4.69) is 24.1 Å². The Hall–Kier alpha value is -1.26. The number of likely N-dealkylation sites (N-methyl/N-ethyl adjacent to an activating group) is 1. The maximum atomic E-state index is 11.8. The number of hydrogen-bond donors (Lipinski definition) is 2. The topological polar surface area (TPSA) is 58.4 Å². The molecule has 0 aromatic heterocycles. The molecule has 0 fully saturated rings. The molecule has 0 atom stereocenters. The maximum Gasteiger partial charge on any atom is 0.251 e. The number of carbonyl (C=O) groups is 1. The lowest BCUT2D eigenvalue weighted by Crippen LogP contribution is -2.34. The van der Waals surface area contributed by atoms with Crippen molar-refractivity contribution in [3.05, 3.63) is 28.8 Å². The second-order valence-electron chi connectivity index (χ2n) is 4.02. The molecule has 5 heteroatoms. The van der Waals surface area contributed by atoms with Crippen molar-refractivity contribution in [3.63, 3.8) is 0 Å². The number of hydrogen-bond acceptors (Lipinski definition) is 3. The number of nitrogens with one attached hydrogen (secondary N) is 1. The molecular formula is C13H20ClN3O. The number of nitrogen functional groups attached to an aromatic ring is 1. The first kappa shape index (κ1) is 14.8. The predicted octanol–water partition coefficient (Wildman–Crippen LogP) is 1.99. The summed E-state index contributed by atoms with van der Waals surface area (Å²) in [5.74, 6) is -0.121. The van der Waals surface area contributed by atoms with Gasteiger partial charge in [-0.3, -0.25) is 4.79 Å². The van der Waals surface area contributed by atoms with E-state index < -0.39 is 0 Å². The van der Waals surface area contributed by atoms with Gasteiger partial charge in [0.1, 0.15) is 0 Å². The minimum absolute atomic E-state index is 0.121. The van der Waals surface area contributed by atoms with E-state index in [1.54, 1.807) is 18.2 Å². The van der Waals surface area contributed by atoms with Crippen LogP contribution in [0.15, 0.2) is 18.2 Å². The molecule has 3 N–H and O–H groups in total. The molecule has 0 spiro atoms. The molecule has 1 amide bonds. The smallest absolute Gasteiger partial charge is 0.251 e. The number of nitrogens with two attached hydrogens (primary N) is 1. The van der Waals surface area contributed by atoms with Crippen LogP contribution in [0.5, 0.6) is 0 Å². The van der Waals surface area contributed by atoms with E-state index in [1.807, 2.05) is 0 Å². The van der Waals surface area contributed by atoms with E-state index in [0.717, 1.165) is 19.6 Å². The molecule has 1 aromatic carbocycles. The van der Waals surface area contributed by atoms with Gasteiger partial charge in [0.15, 0.2) is 0 Å². The van der Waals surface area contributed by atoms with Crippen molar-refractivity contribution in [2.75, 3.05) is 31.9 Å². The maximum absolute atomic E-state index is 11.8. The Kier molecular flexibility index (Phi) is 5.95. The summed E-state index contributed by atoms with van der Waals surface area (Å²) in [4.78, 5) is 14.1. The summed E-state index contributed by atoms with van der Waals surface area (Å²) in [5, 5.41) is 3.27. The predicted molar refractivity (Wildman–Crippen MR) is 76.0 cm³/mol. The fourth-order valence-electron chi connectivity index (χ4n) is 1.64. The van der Waals surface area contributed by atoms with Gasteiger partial charge in [0.05, 0.1) is 10.7 Å². The molecule has 0 saturated heterocycles. The monoisotopic (exact) mass is 269 g/mol. The third-order valence-corrected chi connectivity index (χ3v) is 3.20. The highest BCUT2D eigenvalue weighted by molar-refractivity contribution is 6.33. The molecule has 0 heterocycles. The number of nitrogens with zero attached hydrogens (tertiary/aromatic N) is 1. The molecule has 0 radical (unpaired) electrons. The standard InChI is InChI=1S/C13H20ClN3O/c1-3-17(4-2)8-7-16-13(18)10-5-6-12(15)11(14)9-10/h5-6,9H,3-4,7-8,15H2,1-2H3,(H,16,18).